The molecule has 2 heterocycles. The van der Waals surface area contributed by atoms with Crippen molar-refractivity contribution in [3.63, 3.8) is 0 Å². The summed E-state index contributed by atoms with van der Waals surface area (Å²) in [6.07, 6.45) is 5.55. The number of hydrazine groups is 1. The van der Waals surface area contributed by atoms with E-state index in [2.05, 4.69) is 38.0 Å². The highest BCUT2D eigenvalue weighted by Gasteiger charge is 2.27. The Labute approximate surface area is 198 Å². The average molecular weight is 484 g/mol. The number of aromatic nitrogens is 2. The van der Waals surface area contributed by atoms with Gasteiger partial charge in [0.05, 0.1) is 5.92 Å². The Bertz CT molecular complexity index is 817. The number of halogens is 1. The lowest BCUT2D eigenvalue weighted by molar-refractivity contribution is -0.124. The highest BCUT2D eigenvalue weighted by atomic mass is 32.2. The number of carbonyl (C=O) groups is 2. The van der Waals surface area contributed by atoms with Gasteiger partial charge in [0.2, 0.25) is 11.7 Å². The molecule has 0 spiro atoms. The number of rotatable bonds is 10. The van der Waals surface area contributed by atoms with Gasteiger partial charge in [0, 0.05) is 32.7 Å². The van der Waals surface area contributed by atoms with Crippen molar-refractivity contribution in [2.75, 3.05) is 55.9 Å². The fraction of sp³-hybridized carbons (Fsp3) is 0.714. The molecule has 0 unspecified atom stereocenters. The van der Waals surface area contributed by atoms with Crippen LogP contribution < -0.4 is 21.1 Å². The monoisotopic (exact) mass is 483 g/mol. The van der Waals surface area contributed by atoms with Crippen molar-refractivity contribution in [1.82, 2.24) is 25.6 Å². The summed E-state index contributed by atoms with van der Waals surface area (Å²) >= 11 is 1.29. The number of piperazine rings is 1. The number of carboxylic acid groups (broad SMARTS) is 1. The second-order valence-corrected chi connectivity index (χ2v) is 9.27. The van der Waals surface area contributed by atoms with Gasteiger partial charge < -0.3 is 20.2 Å². The van der Waals surface area contributed by atoms with E-state index in [1.807, 2.05) is 11.2 Å². The molecule has 1 aromatic heterocycles. The van der Waals surface area contributed by atoms with E-state index in [1.165, 1.54) is 11.8 Å². The normalized spacial score (nSPS) is 18.2. The quantitative estimate of drug-likeness (QED) is 0.226. The largest absolute Gasteiger partial charge is 0.465 e. The summed E-state index contributed by atoms with van der Waals surface area (Å²) < 4.78 is 15.3. The first-order valence-corrected chi connectivity index (χ1v) is 12.7. The lowest BCUT2D eigenvalue weighted by Gasteiger charge is -2.35. The van der Waals surface area contributed by atoms with Crippen molar-refractivity contribution in [3.8, 4) is 0 Å². The summed E-state index contributed by atoms with van der Waals surface area (Å²) in [5.41, 5.74) is 5.18. The van der Waals surface area contributed by atoms with Crippen LogP contribution in [0.15, 0.2) is 5.16 Å². The molecule has 0 bridgehead atoms. The zero-order valence-electron chi connectivity index (χ0n) is 19.3. The van der Waals surface area contributed by atoms with Gasteiger partial charge in [-0.3, -0.25) is 15.6 Å². The van der Waals surface area contributed by atoms with Gasteiger partial charge in [-0.2, -0.15) is 4.39 Å². The van der Waals surface area contributed by atoms with Gasteiger partial charge in [-0.25, -0.2) is 14.8 Å². The highest BCUT2D eigenvalue weighted by Crippen LogP contribution is 2.30. The van der Waals surface area contributed by atoms with Gasteiger partial charge in [0.1, 0.15) is 0 Å². The molecule has 10 nitrogen and oxygen atoms in total. The van der Waals surface area contributed by atoms with Crippen LogP contribution in [0, 0.1) is 17.7 Å². The average Bonchev–Trinajstić information content (AvgIpc) is 3.34. The summed E-state index contributed by atoms with van der Waals surface area (Å²) in [4.78, 5) is 36.5. The van der Waals surface area contributed by atoms with Crippen LogP contribution in [-0.2, 0) is 4.79 Å². The first-order chi connectivity index (χ1) is 15.9. The Morgan fingerprint density at radius 1 is 1.21 bits per heavy atom. The number of nitrogens with zero attached hydrogens (tertiary/aromatic N) is 4. The summed E-state index contributed by atoms with van der Waals surface area (Å²) in [6, 6.07) is 0. The van der Waals surface area contributed by atoms with Gasteiger partial charge in [-0.15, -0.1) is 0 Å². The van der Waals surface area contributed by atoms with E-state index in [9.17, 15) is 9.59 Å². The first-order valence-electron chi connectivity index (χ1n) is 11.5. The van der Waals surface area contributed by atoms with Crippen LogP contribution in [0.2, 0.25) is 0 Å². The number of likely N-dealkylation sites (N-methyl/N-ethyl adjacent to an activating group) is 1. The van der Waals surface area contributed by atoms with Gasteiger partial charge >= 0.3 is 6.09 Å². The number of hydrogen-bond acceptors (Lipinski definition) is 8. The maximum absolute atomic E-state index is 15.3. The first kappa shape index (κ1) is 25.3. The standard InChI is InChI=1S/C21H34FN7O3S/c1-3-28-8-10-29(11-9-28)18-16(22)17(24-20(25-18)33-2)26-27-19(30)15(13-23-21(31)32)12-14-6-4-5-7-14/h14-15,23H,3-13H2,1-2H3,(H,27,30)(H,31,32)(H,24,25,26)/t15-/m1/s1. The molecular weight excluding hydrogens is 449 g/mol. The molecule has 4 N–H and O–H groups in total. The lowest BCUT2D eigenvalue weighted by Crippen LogP contribution is -2.47. The molecule has 2 amide bonds. The van der Waals surface area contributed by atoms with Crippen LogP contribution in [-0.4, -0.2) is 77.5 Å². The SMILES string of the molecule is CCN1CCN(c2nc(SC)nc(NNC(=O)[C@@H](CNC(=O)O)CC3CCCC3)c2F)CC1. The summed E-state index contributed by atoms with van der Waals surface area (Å²) in [7, 11) is 0. The second-order valence-electron chi connectivity index (χ2n) is 8.50. The third-order valence-electron chi connectivity index (χ3n) is 6.38. The number of hydrogen-bond donors (Lipinski definition) is 4. The molecule has 0 radical (unpaired) electrons. The number of carbonyl (C=O) groups excluding carboxylic acids is 1. The van der Waals surface area contributed by atoms with Gasteiger partial charge in [0.15, 0.2) is 16.8 Å². The molecule has 0 aromatic carbocycles. The number of amides is 2. The molecule has 1 aromatic rings. The van der Waals surface area contributed by atoms with Gasteiger partial charge in [-0.1, -0.05) is 44.4 Å². The molecule has 1 saturated heterocycles. The Hall–Kier alpha value is -2.34. The van der Waals surface area contributed by atoms with Crippen LogP contribution >= 0.6 is 11.8 Å². The van der Waals surface area contributed by atoms with E-state index < -0.39 is 23.7 Å². The molecule has 33 heavy (non-hydrogen) atoms. The topological polar surface area (TPSA) is 123 Å². The number of anilines is 2. The molecule has 2 aliphatic rings. The van der Waals surface area contributed by atoms with E-state index in [-0.39, 0.29) is 18.2 Å². The number of thioether (sulfide) groups is 1. The predicted octanol–water partition coefficient (Wildman–Crippen LogP) is 2.39. The zero-order valence-corrected chi connectivity index (χ0v) is 20.1. The second kappa shape index (κ2) is 12.2. The van der Waals surface area contributed by atoms with Gasteiger partial charge in [0.25, 0.3) is 0 Å². The third-order valence-corrected chi connectivity index (χ3v) is 6.93. The van der Waals surface area contributed by atoms with E-state index in [1.54, 1.807) is 0 Å². The van der Waals surface area contributed by atoms with E-state index in [0.29, 0.717) is 30.6 Å². The van der Waals surface area contributed by atoms with Crippen LogP contribution in [0.3, 0.4) is 0 Å². The van der Waals surface area contributed by atoms with Crippen LogP contribution in [0.4, 0.5) is 20.8 Å². The van der Waals surface area contributed by atoms with Crippen molar-refractivity contribution < 1.29 is 19.1 Å². The van der Waals surface area contributed by atoms with E-state index >= 15 is 4.39 Å². The van der Waals surface area contributed by atoms with Crippen molar-refractivity contribution >= 4 is 35.4 Å². The Morgan fingerprint density at radius 3 is 2.52 bits per heavy atom. The minimum atomic E-state index is -1.17. The Balaban J connectivity index is 1.68. The van der Waals surface area contributed by atoms with Crippen LogP contribution in [0.5, 0.6) is 0 Å². The summed E-state index contributed by atoms with van der Waals surface area (Å²) in [5.74, 6) is -1.04. The maximum atomic E-state index is 15.3. The van der Waals surface area contributed by atoms with Crippen LogP contribution in [0.1, 0.15) is 39.0 Å². The predicted molar refractivity (Wildman–Crippen MR) is 126 cm³/mol. The lowest BCUT2D eigenvalue weighted by atomic mass is 9.92. The minimum Gasteiger partial charge on any atom is -0.465 e. The smallest absolute Gasteiger partial charge is 0.404 e. The zero-order chi connectivity index (χ0) is 23.8. The fourth-order valence-corrected chi connectivity index (χ4v) is 4.80. The van der Waals surface area contributed by atoms with E-state index in [0.717, 1.165) is 45.3 Å². The number of nitrogens with one attached hydrogen (secondary N) is 3. The molecule has 1 atom stereocenters. The molecule has 1 aliphatic carbocycles. The van der Waals surface area contributed by atoms with Crippen molar-refractivity contribution in [3.05, 3.63) is 5.82 Å². The maximum Gasteiger partial charge on any atom is 0.404 e. The Kier molecular flexibility index (Phi) is 9.36. The summed E-state index contributed by atoms with van der Waals surface area (Å²) in [6.45, 7) is 6.03. The highest BCUT2D eigenvalue weighted by molar-refractivity contribution is 7.98. The fourth-order valence-electron chi connectivity index (χ4n) is 4.44. The minimum absolute atomic E-state index is 0.00855. The summed E-state index contributed by atoms with van der Waals surface area (Å²) in [5, 5.41) is 11.7. The van der Waals surface area contributed by atoms with Gasteiger partial charge in [-0.05, 0) is 25.1 Å². The van der Waals surface area contributed by atoms with Crippen molar-refractivity contribution in [2.24, 2.45) is 11.8 Å². The van der Waals surface area contributed by atoms with E-state index in [4.69, 9.17) is 5.11 Å². The molecule has 2 fully saturated rings. The molecule has 12 heteroatoms. The Morgan fingerprint density at radius 2 is 1.91 bits per heavy atom. The van der Waals surface area contributed by atoms with Crippen LogP contribution in [0.25, 0.3) is 0 Å². The molecule has 1 aliphatic heterocycles. The molecule has 184 valence electrons. The molecule has 1 saturated carbocycles. The van der Waals surface area contributed by atoms with Crippen molar-refractivity contribution in [2.45, 2.75) is 44.2 Å². The van der Waals surface area contributed by atoms with Crippen molar-refractivity contribution in [1.29, 1.82) is 0 Å². The molecular formula is C21H34FN7O3S. The molecule has 3 rings (SSSR count). The third kappa shape index (κ3) is 7.07.